The van der Waals surface area contributed by atoms with E-state index in [1.165, 1.54) is 0 Å². The van der Waals surface area contributed by atoms with Crippen molar-refractivity contribution in [1.82, 2.24) is 25.5 Å². The third-order valence-corrected chi connectivity index (χ3v) is 6.99. The zero-order valence-electron chi connectivity index (χ0n) is 22.8. The summed E-state index contributed by atoms with van der Waals surface area (Å²) in [5, 5.41) is 14.4. The van der Waals surface area contributed by atoms with Crippen LogP contribution >= 0.6 is 0 Å². The van der Waals surface area contributed by atoms with Crippen molar-refractivity contribution in [1.29, 1.82) is 5.26 Å². The Bertz CT molecular complexity index is 1300. The van der Waals surface area contributed by atoms with Gasteiger partial charge in [-0.2, -0.15) is 18.4 Å². The molecule has 3 heterocycles. The number of aromatic nitrogens is 2. The number of rotatable bonds is 8. The van der Waals surface area contributed by atoms with E-state index >= 15 is 0 Å². The zero-order chi connectivity index (χ0) is 29.1. The molecule has 0 spiro atoms. The number of carbonyl (C=O) groups excluding carboxylic acids is 1. The molecule has 2 aromatic carbocycles. The number of benzene rings is 2. The average Bonchev–Trinajstić information content (AvgIpc) is 3.54. The molecule has 2 aliphatic heterocycles. The molecule has 1 aromatic heterocycles. The average molecular weight is 566 g/mol. The van der Waals surface area contributed by atoms with Crippen LogP contribution in [0.3, 0.4) is 0 Å². The van der Waals surface area contributed by atoms with Gasteiger partial charge in [-0.15, -0.1) is 0 Å². The van der Waals surface area contributed by atoms with E-state index in [0.717, 1.165) is 76.2 Å². The number of carbonyl (C=O) groups is 1. The number of piperazine rings is 1. The van der Waals surface area contributed by atoms with Crippen molar-refractivity contribution in [2.24, 2.45) is 0 Å². The number of nitrogens with one attached hydrogen (secondary N) is 2. The molecule has 3 aromatic rings. The van der Waals surface area contributed by atoms with Crippen molar-refractivity contribution >= 4 is 12.2 Å². The third kappa shape index (κ3) is 8.99. The highest BCUT2D eigenvalue weighted by Crippen LogP contribution is 2.32. The molecule has 8 nitrogen and oxygen atoms in total. The topological polar surface area (TPSA) is 97.2 Å². The quantitative estimate of drug-likeness (QED) is 0.315. The molecular formula is C30H34F3N7O. The summed E-state index contributed by atoms with van der Waals surface area (Å²) in [7, 11) is 0. The first-order chi connectivity index (χ1) is 19.9. The van der Waals surface area contributed by atoms with Gasteiger partial charge in [-0.25, -0.2) is 9.97 Å². The molecule has 0 bridgehead atoms. The summed E-state index contributed by atoms with van der Waals surface area (Å²) in [5.41, 5.74) is 3.92. The van der Waals surface area contributed by atoms with E-state index in [4.69, 9.17) is 5.26 Å². The largest absolute Gasteiger partial charge is 0.451 e. The summed E-state index contributed by atoms with van der Waals surface area (Å²) in [6, 6.07) is 18.7. The van der Waals surface area contributed by atoms with Crippen molar-refractivity contribution in [3.63, 3.8) is 0 Å². The van der Waals surface area contributed by atoms with E-state index in [1.54, 1.807) is 18.2 Å². The van der Waals surface area contributed by atoms with E-state index in [2.05, 4.69) is 25.5 Å². The molecule has 1 amide bonds. The Morgan fingerprint density at radius 3 is 2.22 bits per heavy atom. The molecule has 5 rings (SSSR count). The van der Waals surface area contributed by atoms with Gasteiger partial charge in [0.1, 0.15) is 5.82 Å². The molecule has 0 atom stereocenters. The standard InChI is InChI=1S/C20H24F3N5.C10H10N2O/c21-20(22,23)19-25-17(13-18(26-19)28-9-1-2-10-28)16-5-3-15(4-6-16)14-27-11-7-24-8-12-27;11-7-10-3-1-9(2-4-10)5-6-12-8-13/h3-6,13,24H,1-2,7-12,14H2;1-4,8H,5-6H2,(H,12,13). The third-order valence-electron chi connectivity index (χ3n) is 6.99. The van der Waals surface area contributed by atoms with Gasteiger partial charge in [0.15, 0.2) is 0 Å². The van der Waals surface area contributed by atoms with Gasteiger partial charge in [0.05, 0.1) is 17.3 Å². The van der Waals surface area contributed by atoms with E-state index in [0.29, 0.717) is 35.6 Å². The maximum atomic E-state index is 13.3. The minimum absolute atomic E-state index is 0.318. The molecule has 0 saturated carbocycles. The Morgan fingerprint density at radius 1 is 0.951 bits per heavy atom. The van der Waals surface area contributed by atoms with Gasteiger partial charge in [0, 0.05) is 64.0 Å². The Kier molecular flexibility index (Phi) is 10.6. The molecule has 2 N–H and O–H groups in total. The van der Waals surface area contributed by atoms with Crippen LogP contribution in [0.5, 0.6) is 0 Å². The van der Waals surface area contributed by atoms with E-state index in [1.807, 2.05) is 47.4 Å². The van der Waals surface area contributed by atoms with Gasteiger partial charge < -0.3 is 15.5 Å². The maximum Gasteiger partial charge on any atom is 0.451 e. The van der Waals surface area contributed by atoms with Crippen LogP contribution in [0.15, 0.2) is 54.6 Å². The summed E-state index contributed by atoms with van der Waals surface area (Å²) in [5.74, 6) is -0.712. The van der Waals surface area contributed by atoms with Gasteiger partial charge in [0.2, 0.25) is 12.2 Å². The molecule has 2 fully saturated rings. The SMILES string of the molecule is FC(F)(F)c1nc(-c2ccc(CN3CCNCC3)cc2)cc(N2CCCC2)n1.N#Cc1ccc(CCNC=O)cc1. The van der Waals surface area contributed by atoms with Crippen LogP contribution in [0.4, 0.5) is 19.0 Å². The van der Waals surface area contributed by atoms with Crippen LogP contribution in [0, 0.1) is 11.3 Å². The Balaban J connectivity index is 0.000000251. The highest BCUT2D eigenvalue weighted by molar-refractivity contribution is 5.63. The van der Waals surface area contributed by atoms with Crippen molar-refractivity contribution in [3.8, 4) is 17.3 Å². The number of anilines is 1. The number of amides is 1. The van der Waals surface area contributed by atoms with E-state index < -0.39 is 12.0 Å². The molecule has 41 heavy (non-hydrogen) atoms. The van der Waals surface area contributed by atoms with E-state index in [9.17, 15) is 18.0 Å². The fourth-order valence-electron chi connectivity index (χ4n) is 4.75. The fraction of sp³-hybridized carbons (Fsp3) is 0.400. The van der Waals surface area contributed by atoms with E-state index in [-0.39, 0.29) is 0 Å². The Hall–Kier alpha value is -4.01. The highest BCUT2D eigenvalue weighted by Gasteiger charge is 2.36. The lowest BCUT2D eigenvalue weighted by molar-refractivity contribution is -0.144. The van der Waals surface area contributed by atoms with Crippen LogP contribution in [-0.2, 0) is 23.9 Å². The number of nitrogens with zero attached hydrogens (tertiary/aromatic N) is 5. The van der Waals surface area contributed by atoms with Gasteiger partial charge >= 0.3 is 6.18 Å². The second-order valence-corrected chi connectivity index (χ2v) is 9.98. The van der Waals surface area contributed by atoms with Crippen molar-refractivity contribution < 1.29 is 18.0 Å². The van der Waals surface area contributed by atoms with Crippen LogP contribution in [0.2, 0.25) is 0 Å². The summed E-state index contributed by atoms with van der Waals surface area (Å²) in [6.45, 7) is 6.92. The first-order valence-electron chi connectivity index (χ1n) is 13.8. The lowest BCUT2D eigenvalue weighted by atomic mass is 10.1. The second-order valence-electron chi connectivity index (χ2n) is 9.98. The molecule has 0 radical (unpaired) electrons. The number of hydrogen-bond acceptors (Lipinski definition) is 7. The first kappa shape index (κ1) is 30.0. The van der Waals surface area contributed by atoms with Gasteiger partial charge in [-0.05, 0) is 42.5 Å². The van der Waals surface area contributed by atoms with Crippen LogP contribution in [-0.4, -0.2) is 67.1 Å². The summed E-state index contributed by atoms with van der Waals surface area (Å²) in [4.78, 5) is 21.8. The first-order valence-corrected chi connectivity index (χ1v) is 13.8. The van der Waals surface area contributed by atoms with Gasteiger partial charge in [-0.3, -0.25) is 9.69 Å². The fourth-order valence-corrected chi connectivity index (χ4v) is 4.75. The van der Waals surface area contributed by atoms with Crippen LogP contribution in [0.1, 0.15) is 35.4 Å². The minimum Gasteiger partial charge on any atom is -0.358 e. The molecule has 0 aliphatic carbocycles. The molecule has 216 valence electrons. The minimum atomic E-state index is -4.56. The second kappa shape index (κ2) is 14.6. The molecule has 2 saturated heterocycles. The summed E-state index contributed by atoms with van der Waals surface area (Å²) >= 11 is 0. The van der Waals surface area contributed by atoms with Crippen molar-refractivity contribution in [2.75, 3.05) is 50.7 Å². The smallest absolute Gasteiger partial charge is 0.358 e. The van der Waals surface area contributed by atoms with Gasteiger partial charge in [0.25, 0.3) is 0 Å². The van der Waals surface area contributed by atoms with Crippen molar-refractivity contribution in [2.45, 2.75) is 32.0 Å². The lowest BCUT2D eigenvalue weighted by Gasteiger charge is -2.27. The lowest BCUT2D eigenvalue weighted by Crippen LogP contribution is -2.42. The number of halogens is 3. The number of alkyl halides is 3. The molecular weight excluding hydrogens is 531 g/mol. The number of nitriles is 1. The number of hydrogen-bond donors (Lipinski definition) is 2. The summed E-state index contributed by atoms with van der Waals surface area (Å²) in [6.07, 6.45) is -1.14. The Labute approximate surface area is 238 Å². The predicted molar refractivity (Wildman–Crippen MR) is 151 cm³/mol. The molecule has 0 unspecified atom stereocenters. The van der Waals surface area contributed by atoms with Gasteiger partial charge in [-0.1, -0.05) is 36.4 Å². The Morgan fingerprint density at radius 2 is 1.61 bits per heavy atom. The van der Waals surface area contributed by atoms with Crippen molar-refractivity contribution in [3.05, 3.63) is 77.1 Å². The molecule has 11 heteroatoms. The monoisotopic (exact) mass is 565 g/mol. The predicted octanol–water partition coefficient (Wildman–Crippen LogP) is 4.01. The van der Waals surface area contributed by atoms with Crippen LogP contribution < -0.4 is 15.5 Å². The molecule has 2 aliphatic rings. The maximum absolute atomic E-state index is 13.3. The summed E-state index contributed by atoms with van der Waals surface area (Å²) < 4.78 is 40.0. The zero-order valence-corrected chi connectivity index (χ0v) is 22.8. The van der Waals surface area contributed by atoms with Crippen LogP contribution in [0.25, 0.3) is 11.3 Å². The normalized spacial score (nSPS) is 15.5. The highest BCUT2D eigenvalue weighted by atomic mass is 19.4.